The summed E-state index contributed by atoms with van der Waals surface area (Å²) in [6, 6.07) is 9.50. The van der Waals surface area contributed by atoms with Crippen molar-refractivity contribution in [2.45, 2.75) is 32.7 Å². The van der Waals surface area contributed by atoms with E-state index in [0.717, 1.165) is 51.3 Å². The number of piperazine rings is 1. The van der Waals surface area contributed by atoms with Crippen LogP contribution >= 0.6 is 0 Å². The second-order valence-electron chi connectivity index (χ2n) is 7.64. The van der Waals surface area contributed by atoms with Gasteiger partial charge in [-0.25, -0.2) is 9.97 Å². The van der Waals surface area contributed by atoms with E-state index in [0.29, 0.717) is 0 Å². The number of nitrogens with zero attached hydrogens (tertiary/aromatic N) is 5. The number of benzene rings is 1. The van der Waals surface area contributed by atoms with Gasteiger partial charge in [-0.3, -0.25) is 4.90 Å². The first-order chi connectivity index (χ1) is 12.7. The number of aryl methyl sites for hydroxylation is 2. The molecule has 2 aromatic rings. The molecule has 138 valence electrons. The predicted octanol–water partition coefficient (Wildman–Crippen LogP) is 2.88. The van der Waals surface area contributed by atoms with E-state index in [1.165, 1.54) is 29.7 Å². The molecule has 0 saturated carbocycles. The Morgan fingerprint density at radius 2 is 1.38 bits per heavy atom. The highest BCUT2D eigenvalue weighted by molar-refractivity contribution is 5.51. The van der Waals surface area contributed by atoms with E-state index < -0.39 is 0 Å². The average Bonchev–Trinajstić information content (AvgIpc) is 2.68. The van der Waals surface area contributed by atoms with Gasteiger partial charge in [-0.05, 0) is 56.0 Å². The number of aromatic nitrogens is 2. The van der Waals surface area contributed by atoms with E-state index in [4.69, 9.17) is 0 Å². The zero-order chi connectivity index (χ0) is 17.9. The van der Waals surface area contributed by atoms with Crippen LogP contribution in [0.2, 0.25) is 0 Å². The van der Waals surface area contributed by atoms with Crippen molar-refractivity contribution in [1.29, 1.82) is 0 Å². The second-order valence-corrected chi connectivity index (χ2v) is 7.64. The van der Waals surface area contributed by atoms with E-state index in [1.54, 1.807) is 0 Å². The van der Waals surface area contributed by atoms with E-state index >= 15 is 0 Å². The van der Waals surface area contributed by atoms with Gasteiger partial charge in [0.25, 0.3) is 0 Å². The maximum Gasteiger partial charge on any atom is 0.225 e. The van der Waals surface area contributed by atoms with Gasteiger partial charge in [0.2, 0.25) is 5.95 Å². The first-order valence-corrected chi connectivity index (χ1v) is 9.78. The molecule has 0 aliphatic carbocycles. The summed E-state index contributed by atoms with van der Waals surface area (Å²) < 4.78 is 0. The van der Waals surface area contributed by atoms with Crippen LogP contribution in [0, 0.1) is 13.8 Å². The van der Waals surface area contributed by atoms with Gasteiger partial charge < -0.3 is 9.80 Å². The fraction of sp³-hybridized carbons (Fsp3) is 0.524. The molecule has 5 nitrogen and oxygen atoms in total. The number of hydrogen-bond donors (Lipinski definition) is 0. The minimum atomic E-state index is 0.719. The molecule has 0 radical (unpaired) electrons. The molecule has 0 bridgehead atoms. The molecule has 0 spiro atoms. The van der Waals surface area contributed by atoms with Gasteiger partial charge in [0.05, 0.1) is 0 Å². The summed E-state index contributed by atoms with van der Waals surface area (Å²) in [5, 5.41) is 0. The fourth-order valence-electron chi connectivity index (χ4n) is 4.36. The van der Waals surface area contributed by atoms with Crippen molar-refractivity contribution >= 4 is 11.6 Å². The Bertz CT molecular complexity index is 696. The molecule has 0 N–H and O–H groups in total. The maximum absolute atomic E-state index is 4.39. The Morgan fingerprint density at radius 3 is 2.00 bits per heavy atom. The van der Waals surface area contributed by atoms with Crippen molar-refractivity contribution in [3.8, 4) is 0 Å². The summed E-state index contributed by atoms with van der Waals surface area (Å²) in [5.41, 5.74) is 4.12. The van der Waals surface area contributed by atoms with Gasteiger partial charge in [-0.15, -0.1) is 0 Å². The number of piperidine rings is 1. The standard InChI is InChI=1S/C21H29N5/c1-17-14-18(2)16-20(15-17)24-8-4-19(5-9-24)25-10-12-26(13-11-25)21-22-6-3-7-23-21/h3,6-7,14-16,19H,4-5,8-13H2,1-2H3. The Labute approximate surface area is 156 Å². The van der Waals surface area contributed by atoms with Crippen LogP contribution in [0.3, 0.4) is 0 Å². The van der Waals surface area contributed by atoms with Crippen molar-refractivity contribution in [3.05, 3.63) is 47.8 Å². The molecule has 5 heteroatoms. The molecule has 2 aliphatic rings. The van der Waals surface area contributed by atoms with Crippen LogP contribution in [0.1, 0.15) is 24.0 Å². The van der Waals surface area contributed by atoms with Crippen molar-refractivity contribution in [2.75, 3.05) is 49.1 Å². The van der Waals surface area contributed by atoms with E-state index in [1.807, 2.05) is 18.5 Å². The molecule has 1 aromatic heterocycles. The zero-order valence-electron chi connectivity index (χ0n) is 15.9. The summed E-state index contributed by atoms with van der Waals surface area (Å²) in [6.45, 7) is 11.0. The highest BCUT2D eigenvalue weighted by Crippen LogP contribution is 2.25. The number of rotatable bonds is 3. The van der Waals surface area contributed by atoms with Crippen molar-refractivity contribution in [1.82, 2.24) is 14.9 Å². The van der Waals surface area contributed by atoms with E-state index in [2.05, 4.69) is 56.7 Å². The van der Waals surface area contributed by atoms with Crippen LogP contribution in [-0.2, 0) is 0 Å². The number of hydrogen-bond acceptors (Lipinski definition) is 5. The molecular formula is C21H29N5. The lowest BCUT2D eigenvalue weighted by Crippen LogP contribution is -2.53. The SMILES string of the molecule is Cc1cc(C)cc(N2CCC(N3CCN(c4ncccn4)CC3)CC2)c1. The van der Waals surface area contributed by atoms with Crippen LogP contribution < -0.4 is 9.80 Å². The third-order valence-electron chi connectivity index (χ3n) is 5.70. The Balaban J connectivity index is 1.30. The summed E-state index contributed by atoms with van der Waals surface area (Å²) in [6.07, 6.45) is 6.18. The molecule has 0 amide bonds. The summed E-state index contributed by atoms with van der Waals surface area (Å²) >= 11 is 0. The van der Waals surface area contributed by atoms with E-state index in [9.17, 15) is 0 Å². The lowest BCUT2D eigenvalue weighted by Gasteiger charge is -2.43. The lowest BCUT2D eigenvalue weighted by molar-refractivity contribution is 0.159. The van der Waals surface area contributed by atoms with Crippen LogP contribution in [0.15, 0.2) is 36.7 Å². The molecule has 2 saturated heterocycles. The average molecular weight is 351 g/mol. The van der Waals surface area contributed by atoms with Crippen LogP contribution in [0.25, 0.3) is 0 Å². The summed E-state index contributed by atoms with van der Waals surface area (Å²) in [7, 11) is 0. The van der Waals surface area contributed by atoms with Crippen LogP contribution in [0.5, 0.6) is 0 Å². The fourth-order valence-corrected chi connectivity index (χ4v) is 4.36. The summed E-state index contributed by atoms with van der Waals surface area (Å²) in [4.78, 5) is 16.3. The third kappa shape index (κ3) is 3.83. The Morgan fingerprint density at radius 1 is 0.769 bits per heavy atom. The second kappa shape index (κ2) is 7.62. The minimum absolute atomic E-state index is 0.719. The molecular weight excluding hydrogens is 322 g/mol. The Kier molecular flexibility index (Phi) is 5.07. The maximum atomic E-state index is 4.39. The molecule has 0 unspecified atom stereocenters. The molecule has 1 aromatic carbocycles. The largest absolute Gasteiger partial charge is 0.371 e. The smallest absolute Gasteiger partial charge is 0.225 e. The van der Waals surface area contributed by atoms with Gasteiger partial charge in [0.1, 0.15) is 0 Å². The van der Waals surface area contributed by atoms with Gasteiger partial charge in [-0.2, -0.15) is 0 Å². The van der Waals surface area contributed by atoms with Gasteiger partial charge in [-0.1, -0.05) is 6.07 Å². The van der Waals surface area contributed by atoms with Crippen molar-refractivity contribution in [3.63, 3.8) is 0 Å². The topological polar surface area (TPSA) is 35.5 Å². The highest BCUT2D eigenvalue weighted by atomic mass is 15.3. The zero-order valence-corrected chi connectivity index (χ0v) is 15.9. The third-order valence-corrected chi connectivity index (χ3v) is 5.70. The quantitative estimate of drug-likeness (QED) is 0.850. The molecule has 4 rings (SSSR count). The van der Waals surface area contributed by atoms with Crippen LogP contribution in [-0.4, -0.2) is 60.2 Å². The van der Waals surface area contributed by atoms with Crippen molar-refractivity contribution in [2.24, 2.45) is 0 Å². The van der Waals surface area contributed by atoms with Gasteiger partial charge in [0, 0.05) is 63.4 Å². The van der Waals surface area contributed by atoms with Crippen molar-refractivity contribution < 1.29 is 0 Å². The first-order valence-electron chi connectivity index (χ1n) is 9.78. The molecule has 2 fully saturated rings. The molecule has 2 aliphatic heterocycles. The monoisotopic (exact) mass is 351 g/mol. The molecule has 26 heavy (non-hydrogen) atoms. The lowest BCUT2D eigenvalue weighted by atomic mass is 10.0. The van der Waals surface area contributed by atoms with Crippen LogP contribution in [0.4, 0.5) is 11.6 Å². The minimum Gasteiger partial charge on any atom is -0.371 e. The van der Waals surface area contributed by atoms with Gasteiger partial charge in [0.15, 0.2) is 0 Å². The number of anilines is 2. The normalized spacial score (nSPS) is 19.8. The molecule has 0 atom stereocenters. The highest BCUT2D eigenvalue weighted by Gasteiger charge is 2.28. The van der Waals surface area contributed by atoms with E-state index in [-0.39, 0.29) is 0 Å². The van der Waals surface area contributed by atoms with Gasteiger partial charge >= 0.3 is 0 Å². The first kappa shape index (κ1) is 17.3. The Hall–Kier alpha value is -2.14. The predicted molar refractivity (Wildman–Crippen MR) is 107 cm³/mol. The summed E-state index contributed by atoms with van der Waals surface area (Å²) in [5.74, 6) is 0.872. The molecule has 3 heterocycles.